The van der Waals surface area contributed by atoms with Gasteiger partial charge < -0.3 is 19.0 Å². The smallest absolute Gasteiger partial charge is 0.349 e. The van der Waals surface area contributed by atoms with Crippen molar-refractivity contribution < 1.29 is 24.2 Å². The Morgan fingerprint density at radius 3 is 1.95 bits per heavy atom. The van der Waals surface area contributed by atoms with Crippen molar-refractivity contribution in [2.45, 2.75) is 13.0 Å². The Labute approximate surface area is 237 Å². The van der Waals surface area contributed by atoms with Gasteiger partial charge in [0.2, 0.25) is 6.10 Å². The molecule has 0 aliphatic rings. The first kappa shape index (κ1) is 25.9. The zero-order valence-corrected chi connectivity index (χ0v) is 22.4. The molecule has 202 valence electrons. The molecule has 0 bridgehead atoms. The fraction of sp³-hybridized carbons (Fsp3) is 0.0857. The molecule has 6 heteroatoms. The summed E-state index contributed by atoms with van der Waals surface area (Å²) in [5, 5.41) is 10.5. The molecule has 6 aromatic rings. The van der Waals surface area contributed by atoms with Gasteiger partial charge in [0.15, 0.2) is 0 Å². The Kier molecular flexibility index (Phi) is 6.96. The minimum Gasteiger partial charge on any atom is -0.478 e. The summed E-state index contributed by atoms with van der Waals surface area (Å²) in [7, 11) is 0. The number of benzene rings is 4. The molecule has 2 aromatic heterocycles. The molecule has 0 radical (unpaired) electrons. The number of carboxylic acid groups (broad SMARTS) is 1. The summed E-state index contributed by atoms with van der Waals surface area (Å²) >= 11 is 0. The topological polar surface area (TPSA) is 77.2 Å². The van der Waals surface area contributed by atoms with Crippen LogP contribution in [-0.2, 0) is 9.53 Å². The maximum absolute atomic E-state index is 12.8. The predicted octanol–water partition coefficient (Wildman–Crippen LogP) is 7.81. The lowest BCUT2D eigenvalue weighted by molar-refractivity contribution is -0.145. The molecule has 0 saturated carbocycles. The number of carboxylic acids is 1. The van der Waals surface area contributed by atoms with Crippen LogP contribution in [0, 0.1) is 0 Å². The lowest BCUT2D eigenvalue weighted by atomic mass is 10.0. The van der Waals surface area contributed by atoms with E-state index in [2.05, 4.69) is 24.3 Å². The summed E-state index contributed by atoms with van der Waals surface area (Å²) in [5.74, 6) is -0.881. The number of para-hydroxylation sites is 1. The van der Waals surface area contributed by atoms with Crippen LogP contribution < -0.4 is 4.74 Å². The minimum absolute atomic E-state index is 0.321. The van der Waals surface area contributed by atoms with E-state index < -0.39 is 12.1 Å². The SMILES string of the molecule is CCOC(=O)c1c2ccccc2n2cc(-c3ccc(-c4ccc(OC(C(=O)O)c5ccccc5)cc4)cc3)ccc12. The second-order valence-corrected chi connectivity index (χ2v) is 9.63. The van der Waals surface area contributed by atoms with Gasteiger partial charge in [-0.2, -0.15) is 0 Å². The molecule has 0 fully saturated rings. The molecule has 0 aliphatic carbocycles. The van der Waals surface area contributed by atoms with Crippen LogP contribution in [-0.4, -0.2) is 28.1 Å². The van der Waals surface area contributed by atoms with Crippen molar-refractivity contribution in [1.29, 1.82) is 0 Å². The second kappa shape index (κ2) is 11.0. The number of ether oxygens (including phenoxy) is 2. The van der Waals surface area contributed by atoms with Crippen molar-refractivity contribution in [1.82, 2.24) is 4.40 Å². The highest BCUT2D eigenvalue weighted by Crippen LogP contribution is 2.32. The Morgan fingerprint density at radius 1 is 0.707 bits per heavy atom. The van der Waals surface area contributed by atoms with E-state index in [1.807, 2.05) is 72.1 Å². The van der Waals surface area contributed by atoms with Gasteiger partial charge in [0, 0.05) is 17.1 Å². The van der Waals surface area contributed by atoms with Crippen LogP contribution in [0.4, 0.5) is 0 Å². The zero-order chi connectivity index (χ0) is 28.3. The number of rotatable bonds is 8. The number of nitrogens with zero attached hydrogens (tertiary/aromatic N) is 1. The van der Waals surface area contributed by atoms with E-state index >= 15 is 0 Å². The summed E-state index contributed by atoms with van der Waals surface area (Å²) in [4.78, 5) is 24.5. The summed E-state index contributed by atoms with van der Waals surface area (Å²) < 4.78 is 13.2. The third-order valence-corrected chi connectivity index (χ3v) is 7.10. The highest BCUT2D eigenvalue weighted by atomic mass is 16.5. The van der Waals surface area contributed by atoms with E-state index in [4.69, 9.17) is 9.47 Å². The second-order valence-electron chi connectivity index (χ2n) is 9.63. The number of carbonyl (C=O) groups is 2. The van der Waals surface area contributed by atoms with E-state index in [-0.39, 0.29) is 5.97 Å². The van der Waals surface area contributed by atoms with E-state index in [1.165, 1.54) is 0 Å². The van der Waals surface area contributed by atoms with Crippen LogP contribution >= 0.6 is 0 Å². The van der Waals surface area contributed by atoms with Crippen molar-refractivity contribution in [3.8, 4) is 28.0 Å². The maximum atomic E-state index is 12.8. The molecule has 0 saturated heterocycles. The predicted molar refractivity (Wildman–Crippen MR) is 159 cm³/mol. The Bertz CT molecular complexity index is 1860. The van der Waals surface area contributed by atoms with Crippen LogP contribution in [0.5, 0.6) is 5.75 Å². The average molecular weight is 542 g/mol. The van der Waals surface area contributed by atoms with Crippen LogP contribution in [0.3, 0.4) is 0 Å². The van der Waals surface area contributed by atoms with E-state index in [0.717, 1.165) is 38.7 Å². The lowest BCUT2D eigenvalue weighted by Crippen LogP contribution is -2.18. The number of hydrogen-bond donors (Lipinski definition) is 1. The standard InChI is InChI=1S/C35H27NO5/c1-2-40-35(39)32-29-10-6-7-11-30(29)36-22-27(18-21-31(32)36)25-14-12-23(13-15-25)24-16-19-28(20-17-24)41-33(34(37)38)26-8-4-3-5-9-26/h3-22,33H,2H2,1H3,(H,37,38). The molecule has 0 aliphatic heterocycles. The molecule has 1 atom stereocenters. The summed E-state index contributed by atoms with van der Waals surface area (Å²) in [6.45, 7) is 2.13. The number of esters is 1. The van der Waals surface area contributed by atoms with Gasteiger partial charge in [0.1, 0.15) is 5.75 Å². The van der Waals surface area contributed by atoms with Gasteiger partial charge in [-0.05, 0) is 53.4 Å². The monoisotopic (exact) mass is 541 g/mol. The molecule has 6 rings (SSSR count). The van der Waals surface area contributed by atoms with Crippen molar-refractivity contribution in [2.75, 3.05) is 6.61 Å². The van der Waals surface area contributed by atoms with E-state index in [9.17, 15) is 14.7 Å². The van der Waals surface area contributed by atoms with Crippen LogP contribution in [0.1, 0.15) is 28.9 Å². The molecular formula is C35H27NO5. The third-order valence-electron chi connectivity index (χ3n) is 7.10. The zero-order valence-electron chi connectivity index (χ0n) is 22.4. The molecule has 4 aromatic carbocycles. The van der Waals surface area contributed by atoms with Crippen molar-refractivity contribution >= 4 is 28.4 Å². The van der Waals surface area contributed by atoms with Gasteiger partial charge >= 0.3 is 11.9 Å². The third kappa shape index (κ3) is 5.03. The molecule has 2 heterocycles. The molecule has 1 unspecified atom stereocenters. The van der Waals surface area contributed by atoms with Crippen LogP contribution in [0.15, 0.2) is 121 Å². The van der Waals surface area contributed by atoms with E-state index in [1.54, 1.807) is 36.4 Å². The molecule has 41 heavy (non-hydrogen) atoms. The first-order valence-corrected chi connectivity index (χ1v) is 13.4. The Morgan fingerprint density at radius 2 is 1.29 bits per heavy atom. The average Bonchev–Trinajstić information content (AvgIpc) is 3.34. The van der Waals surface area contributed by atoms with Gasteiger partial charge in [-0.3, -0.25) is 0 Å². The molecule has 1 N–H and O–H groups in total. The van der Waals surface area contributed by atoms with Gasteiger partial charge in [0.25, 0.3) is 0 Å². The Hall–Kier alpha value is -5.36. The first-order valence-electron chi connectivity index (χ1n) is 13.4. The highest BCUT2D eigenvalue weighted by molar-refractivity contribution is 6.11. The number of aliphatic carboxylic acids is 1. The van der Waals surface area contributed by atoms with Crippen molar-refractivity contribution in [3.63, 3.8) is 0 Å². The molecule has 6 nitrogen and oxygen atoms in total. The fourth-order valence-corrected chi connectivity index (χ4v) is 5.13. The minimum atomic E-state index is -1.08. The Balaban J connectivity index is 1.26. The van der Waals surface area contributed by atoms with Crippen LogP contribution in [0.2, 0.25) is 0 Å². The van der Waals surface area contributed by atoms with Crippen molar-refractivity contribution in [2.24, 2.45) is 0 Å². The highest BCUT2D eigenvalue weighted by Gasteiger charge is 2.22. The first-order chi connectivity index (χ1) is 20.0. The quantitative estimate of drug-likeness (QED) is 0.199. The molecule has 0 spiro atoms. The summed E-state index contributed by atoms with van der Waals surface area (Å²) in [6.07, 6.45) is 0.970. The number of hydrogen-bond acceptors (Lipinski definition) is 4. The maximum Gasteiger partial charge on any atom is 0.349 e. The fourth-order valence-electron chi connectivity index (χ4n) is 5.13. The lowest BCUT2D eigenvalue weighted by Gasteiger charge is -2.16. The van der Waals surface area contributed by atoms with E-state index in [0.29, 0.717) is 23.5 Å². The van der Waals surface area contributed by atoms with Crippen LogP contribution in [0.25, 0.3) is 38.7 Å². The van der Waals surface area contributed by atoms with Gasteiger partial charge in [-0.25, -0.2) is 9.59 Å². The number of fused-ring (bicyclic) bond motifs is 3. The summed E-state index contributed by atoms with van der Waals surface area (Å²) in [6, 6.07) is 36.4. The number of aromatic nitrogens is 1. The van der Waals surface area contributed by atoms with Gasteiger partial charge in [-0.15, -0.1) is 0 Å². The number of pyridine rings is 1. The van der Waals surface area contributed by atoms with Gasteiger partial charge in [0.05, 0.1) is 23.2 Å². The normalized spacial score (nSPS) is 11.8. The summed E-state index contributed by atoms with van der Waals surface area (Å²) in [5.41, 5.74) is 6.99. The molecule has 0 amide bonds. The molecular weight excluding hydrogens is 514 g/mol. The van der Waals surface area contributed by atoms with Crippen molar-refractivity contribution in [3.05, 3.63) is 133 Å². The largest absolute Gasteiger partial charge is 0.478 e. The van der Waals surface area contributed by atoms with Gasteiger partial charge in [-0.1, -0.05) is 91.0 Å². The number of carbonyl (C=O) groups excluding carboxylic acids is 1.